The maximum Gasteiger partial charge on any atom is 0.251 e. The van der Waals surface area contributed by atoms with E-state index in [1.165, 1.54) is 12.8 Å². The van der Waals surface area contributed by atoms with Crippen molar-refractivity contribution in [1.82, 2.24) is 19.7 Å². The largest absolute Gasteiger partial charge is 0.381 e. The fraction of sp³-hybridized carbons (Fsp3) is 0.455. The lowest BCUT2D eigenvalue weighted by atomic mass is 9.93. The number of aromatic nitrogens is 3. The Labute approximate surface area is 165 Å². The fourth-order valence-electron chi connectivity index (χ4n) is 4.17. The summed E-state index contributed by atoms with van der Waals surface area (Å²) < 4.78 is 9.17. The average Bonchev–Trinajstić information content (AvgIpc) is 3.16. The average molecular weight is 380 g/mol. The standard InChI is InChI=1S/C22H28N4O2/c1-25-12-10-20(24-25)17-7-6-16-8-9-22(27)26(21(16)14-17)13-11-23-18-4-3-5-19(15-18)28-2/h6-10,12,14,18-19,23H,3-5,11,13,15H2,1-2H3. The van der Waals surface area contributed by atoms with Crippen molar-refractivity contribution in [2.24, 2.45) is 7.05 Å². The molecule has 0 amide bonds. The van der Waals surface area contributed by atoms with E-state index in [1.807, 2.05) is 29.9 Å². The number of benzene rings is 1. The van der Waals surface area contributed by atoms with Crippen molar-refractivity contribution in [3.05, 3.63) is 52.9 Å². The Balaban J connectivity index is 1.54. The Morgan fingerprint density at radius 3 is 2.86 bits per heavy atom. The SMILES string of the molecule is COC1CCCC(NCCn2c(=O)ccc3ccc(-c4ccn(C)n4)cc32)C1. The second-order valence-corrected chi connectivity index (χ2v) is 7.65. The Morgan fingerprint density at radius 1 is 1.21 bits per heavy atom. The molecule has 1 saturated carbocycles. The molecule has 1 fully saturated rings. The van der Waals surface area contributed by atoms with Gasteiger partial charge in [-0.1, -0.05) is 12.1 Å². The molecule has 4 rings (SSSR count). The molecule has 0 bridgehead atoms. The molecule has 3 aromatic rings. The zero-order valence-corrected chi connectivity index (χ0v) is 16.6. The molecule has 6 nitrogen and oxygen atoms in total. The summed E-state index contributed by atoms with van der Waals surface area (Å²) in [6, 6.07) is 12.2. The lowest BCUT2D eigenvalue weighted by Gasteiger charge is -2.29. The third-order valence-corrected chi connectivity index (χ3v) is 5.73. The van der Waals surface area contributed by atoms with Crippen molar-refractivity contribution >= 4 is 10.9 Å². The molecule has 28 heavy (non-hydrogen) atoms. The molecule has 148 valence electrons. The summed E-state index contributed by atoms with van der Waals surface area (Å²) in [6.45, 7) is 1.42. The quantitative estimate of drug-likeness (QED) is 0.714. The van der Waals surface area contributed by atoms with Crippen molar-refractivity contribution in [3.63, 3.8) is 0 Å². The van der Waals surface area contributed by atoms with Gasteiger partial charge in [0.25, 0.3) is 5.56 Å². The molecular weight excluding hydrogens is 352 g/mol. The van der Waals surface area contributed by atoms with Crippen LogP contribution in [-0.4, -0.2) is 40.1 Å². The van der Waals surface area contributed by atoms with Crippen LogP contribution in [0, 0.1) is 0 Å². The number of ether oxygens (including phenoxy) is 1. The number of aryl methyl sites for hydroxylation is 1. The third-order valence-electron chi connectivity index (χ3n) is 5.73. The molecular formula is C22H28N4O2. The van der Waals surface area contributed by atoms with Crippen molar-refractivity contribution in [2.45, 2.75) is 44.4 Å². The zero-order valence-electron chi connectivity index (χ0n) is 16.6. The minimum absolute atomic E-state index is 0.0332. The van der Waals surface area contributed by atoms with E-state index < -0.39 is 0 Å². The summed E-state index contributed by atoms with van der Waals surface area (Å²) in [5.74, 6) is 0. The van der Waals surface area contributed by atoms with Crippen molar-refractivity contribution < 1.29 is 4.74 Å². The molecule has 2 unspecified atom stereocenters. The van der Waals surface area contributed by atoms with Gasteiger partial charge >= 0.3 is 0 Å². The van der Waals surface area contributed by atoms with E-state index >= 15 is 0 Å². The van der Waals surface area contributed by atoms with Crippen molar-refractivity contribution in [3.8, 4) is 11.3 Å². The lowest BCUT2D eigenvalue weighted by molar-refractivity contribution is 0.0588. The van der Waals surface area contributed by atoms with Gasteiger partial charge in [-0.15, -0.1) is 0 Å². The summed E-state index contributed by atoms with van der Waals surface area (Å²) in [7, 11) is 3.70. The Hall–Kier alpha value is -2.44. The zero-order chi connectivity index (χ0) is 19.5. The maximum atomic E-state index is 12.6. The topological polar surface area (TPSA) is 61.1 Å². The Kier molecular flexibility index (Phi) is 5.59. The van der Waals surface area contributed by atoms with Gasteiger partial charge in [-0.2, -0.15) is 5.10 Å². The number of pyridine rings is 1. The number of methoxy groups -OCH3 is 1. The summed E-state index contributed by atoms with van der Waals surface area (Å²) in [4.78, 5) is 12.6. The first-order chi connectivity index (χ1) is 13.6. The number of nitrogens with one attached hydrogen (secondary N) is 1. The summed E-state index contributed by atoms with van der Waals surface area (Å²) in [5, 5.41) is 9.17. The summed E-state index contributed by atoms with van der Waals surface area (Å²) >= 11 is 0. The molecule has 1 aliphatic carbocycles. The van der Waals surface area contributed by atoms with Crippen LogP contribution in [0.1, 0.15) is 25.7 Å². The van der Waals surface area contributed by atoms with E-state index in [-0.39, 0.29) is 5.56 Å². The van der Waals surface area contributed by atoms with Gasteiger partial charge in [0.1, 0.15) is 0 Å². The molecule has 6 heteroatoms. The van der Waals surface area contributed by atoms with Crippen LogP contribution in [0.5, 0.6) is 0 Å². The number of fused-ring (bicyclic) bond motifs is 1. The second kappa shape index (κ2) is 8.29. The van der Waals surface area contributed by atoms with Gasteiger partial charge in [0.15, 0.2) is 0 Å². The van der Waals surface area contributed by atoms with Crippen LogP contribution in [0.3, 0.4) is 0 Å². The highest BCUT2D eigenvalue weighted by Crippen LogP contribution is 2.23. The summed E-state index contributed by atoms with van der Waals surface area (Å²) in [5.41, 5.74) is 2.93. The summed E-state index contributed by atoms with van der Waals surface area (Å²) in [6.07, 6.45) is 6.84. The van der Waals surface area contributed by atoms with Crippen molar-refractivity contribution in [2.75, 3.05) is 13.7 Å². The van der Waals surface area contributed by atoms with Gasteiger partial charge < -0.3 is 14.6 Å². The van der Waals surface area contributed by atoms with E-state index in [4.69, 9.17) is 4.74 Å². The molecule has 2 atom stereocenters. The van der Waals surface area contributed by atoms with E-state index in [1.54, 1.807) is 17.9 Å². The Morgan fingerprint density at radius 2 is 2.07 bits per heavy atom. The van der Waals surface area contributed by atoms with E-state index in [0.29, 0.717) is 18.7 Å². The second-order valence-electron chi connectivity index (χ2n) is 7.65. The maximum absolute atomic E-state index is 12.6. The molecule has 0 aliphatic heterocycles. The highest BCUT2D eigenvalue weighted by molar-refractivity contribution is 5.84. The number of hydrogen-bond acceptors (Lipinski definition) is 4. The van der Waals surface area contributed by atoms with Gasteiger partial charge in [-0.25, -0.2) is 0 Å². The molecule has 1 aromatic carbocycles. The minimum Gasteiger partial charge on any atom is -0.381 e. The van der Waals surface area contributed by atoms with Gasteiger partial charge in [0.2, 0.25) is 0 Å². The monoisotopic (exact) mass is 380 g/mol. The third kappa shape index (κ3) is 4.03. The predicted octanol–water partition coefficient (Wildman–Crippen LogP) is 2.95. The smallest absolute Gasteiger partial charge is 0.251 e. The van der Waals surface area contributed by atoms with Gasteiger partial charge in [0, 0.05) is 51.1 Å². The molecule has 1 N–H and O–H groups in total. The predicted molar refractivity (Wildman–Crippen MR) is 111 cm³/mol. The van der Waals surface area contributed by atoms with E-state index in [2.05, 4.69) is 28.6 Å². The van der Waals surface area contributed by atoms with Crippen LogP contribution < -0.4 is 10.9 Å². The molecule has 0 radical (unpaired) electrons. The molecule has 2 aromatic heterocycles. The Bertz CT molecular complexity index is 1010. The van der Waals surface area contributed by atoms with Crippen LogP contribution >= 0.6 is 0 Å². The van der Waals surface area contributed by atoms with Gasteiger partial charge in [-0.05, 0) is 49.3 Å². The lowest BCUT2D eigenvalue weighted by Crippen LogP contribution is -2.39. The highest BCUT2D eigenvalue weighted by Gasteiger charge is 2.21. The molecule has 0 saturated heterocycles. The van der Waals surface area contributed by atoms with Crippen LogP contribution in [0.2, 0.25) is 0 Å². The highest BCUT2D eigenvalue weighted by atomic mass is 16.5. The minimum atomic E-state index is 0.0332. The van der Waals surface area contributed by atoms with E-state index in [9.17, 15) is 4.79 Å². The first-order valence-corrected chi connectivity index (χ1v) is 10.0. The first-order valence-electron chi connectivity index (χ1n) is 10.0. The van der Waals surface area contributed by atoms with Crippen LogP contribution in [-0.2, 0) is 18.3 Å². The number of hydrogen-bond donors (Lipinski definition) is 1. The first kappa shape index (κ1) is 18.9. The normalized spacial score (nSPS) is 19.9. The van der Waals surface area contributed by atoms with Gasteiger partial charge in [-0.3, -0.25) is 9.48 Å². The molecule has 0 spiro atoms. The van der Waals surface area contributed by atoms with Crippen LogP contribution in [0.15, 0.2) is 47.4 Å². The molecule has 1 aliphatic rings. The fourth-order valence-corrected chi connectivity index (χ4v) is 4.17. The van der Waals surface area contributed by atoms with E-state index in [0.717, 1.165) is 41.5 Å². The van der Waals surface area contributed by atoms with Crippen molar-refractivity contribution in [1.29, 1.82) is 0 Å². The van der Waals surface area contributed by atoms with Gasteiger partial charge in [0.05, 0.1) is 17.3 Å². The van der Waals surface area contributed by atoms with Crippen LogP contribution in [0.25, 0.3) is 22.2 Å². The molecule has 2 heterocycles. The van der Waals surface area contributed by atoms with Crippen LogP contribution in [0.4, 0.5) is 0 Å². The number of nitrogens with zero attached hydrogens (tertiary/aromatic N) is 3. The number of rotatable bonds is 6.